The van der Waals surface area contributed by atoms with E-state index in [1.165, 1.54) is 6.08 Å². The van der Waals surface area contributed by atoms with E-state index < -0.39 is 0 Å². The van der Waals surface area contributed by atoms with Gasteiger partial charge in [0, 0.05) is 12.6 Å². The largest absolute Gasteiger partial charge is 0.450 e. The second-order valence-corrected chi connectivity index (χ2v) is 5.33. The van der Waals surface area contributed by atoms with Gasteiger partial charge in [0.1, 0.15) is 5.76 Å². The van der Waals surface area contributed by atoms with Gasteiger partial charge < -0.3 is 14.8 Å². The number of furan rings is 1. The van der Waals surface area contributed by atoms with Crippen LogP contribution in [0.15, 0.2) is 27.3 Å². The molecule has 5 heteroatoms. The lowest BCUT2D eigenvalue weighted by atomic mass is 10.1. The van der Waals surface area contributed by atoms with E-state index in [1.54, 1.807) is 18.2 Å². The van der Waals surface area contributed by atoms with Gasteiger partial charge in [-0.15, -0.1) is 0 Å². The van der Waals surface area contributed by atoms with Crippen LogP contribution in [-0.2, 0) is 4.79 Å². The molecule has 98 valence electrons. The lowest BCUT2D eigenvalue weighted by Crippen LogP contribution is -2.26. The first-order chi connectivity index (χ1) is 8.63. The van der Waals surface area contributed by atoms with Crippen molar-refractivity contribution in [2.24, 2.45) is 5.92 Å². The zero-order chi connectivity index (χ0) is 13.0. The number of carbonyl (C=O) groups is 1. The van der Waals surface area contributed by atoms with Crippen LogP contribution in [0.3, 0.4) is 0 Å². The van der Waals surface area contributed by atoms with E-state index in [0.717, 1.165) is 19.3 Å². The van der Waals surface area contributed by atoms with Crippen molar-refractivity contribution in [3.8, 4) is 0 Å². The molecule has 1 aromatic rings. The summed E-state index contributed by atoms with van der Waals surface area (Å²) < 4.78 is 5.88. The van der Waals surface area contributed by atoms with Gasteiger partial charge in [0.25, 0.3) is 0 Å². The van der Waals surface area contributed by atoms with Gasteiger partial charge in [-0.25, -0.2) is 0 Å². The minimum Gasteiger partial charge on any atom is -0.450 e. The highest BCUT2D eigenvalue weighted by Crippen LogP contribution is 2.24. The Morgan fingerprint density at radius 3 is 3.00 bits per heavy atom. The molecule has 18 heavy (non-hydrogen) atoms. The Morgan fingerprint density at radius 1 is 1.56 bits per heavy atom. The molecule has 0 aliphatic heterocycles. The van der Waals surface area contributed by atoms with Crippen LogP contribution in [0, 0.1) is 5.92 Å². The van der Waals surface area contributed by atoms with Gasteiger partial charge in [0.05, 0.1) is 6.10 Å². The van der Waals surface area contributed by atoms with E-state index >= 15 is 0 Å². The van der Waals surface area contributed by atoms with E-state index in [0.29, 0.717) is 22.9 Å². The van der Waals surface area contributed by atoms with Crippen molar-refractivity contribution in [2.45, 2.75) is 25.4 Å². The number of carbonyl (C=O) groups excluding carboxylic acids is 1. The zero-order valence-electron chi connectivity index (χ0n) is 9.93. The van der Waals surface area contributed by atoms with Crippen molar-refractivity contribution in [1.29, 1.82) is 0 Å². The summed E-state index contributed by atoms with van der Waals surface area (Å²) in [6.45, 7) is 0.627. The van der Waals surface area contributed by atoms with Crippen LogP contribution in [0.1, 0.15) is 25.0 Å². The molecule has 1 fully saturated rings. The van der Waals surface area contributed by atoms with E-state index in [2.05, 4.69) is 21.2 Å². The van der Waals surface area contributed by atoms with Crippen LogP contribution in [0.25, 0.3) is 6.08 Å². The van der Waals surface area contributed by atoms with Crippen LogP contribution in [0.5, 0.6) is 0 Å². The summed E-state index contributed by atoms with van der Waals surface area (Å²) in [5.74, 6) is 0.896. The van der Waals surface area contributed by atoms with E-state index in [9.17, 15) is 9.90 Å². The molecule has 0 bridgehead atoms. The van der Waals surface area contributed by atoms with Crippen molar-refractivity contribution < 1.29 is 14.3 Å². The van der Waals surface area contributed by atoms with E-state index in [4.69, 9.17) is 4.42 Å². The molecule has 0 spiro atoms. The Hall–Kier alpha value is -1.07. The van der Waals surface area contributed by atoms with Gasteiger partial charge in [-0.2, -0.15) is 0 Å². The quantitative estimate of drug-likeness (QED) is 0.839. The molecular formula is C13H16BrNO3. The predicted molar refractivity (Wildman–Crippen MR) is 71.8 cm³/mol. The molecule has 1 saturated carbocycles. The molecular weight excluding hydrogens is 298 g/mol. The van der Waals surface area contributed by atoms with Crippen LogP contribution >= 0.6 is 15.9 Å². The highest BCUT2D eigenvalue weighted by Gasteiger charge is 2.22. The fourth-order valence-electron chi connectivity index (χ4n) is 2.11. The zero-order valence-corrected chi connectivity index (χ0v) is 11.5. The molecule has 4 nitrogen and oxygen atoms in total. The predicted octanol–water partition coefficient (Wildman–Crippen LogP) is 2.33. The van der Waals surface area contributed by atoms with Gasteiger partial charge in [0.2, 0.25) is 5.91 Å². The van der Waals surface area contributed by atoms with Crippen LogP contribution in [-0.4, -0.2) is 23.7 Å². The SMILES string of the molecule is O=C(/C=C/c1ccc(Br)o1)NCC1CCC(O)C1. The van der Waals surface area contributed by atoms with Crippen molar-refractivity contribution in [1.82, 2.24) is 5.32 Å². The second-order valence-electron chi connectivity index (χ2n) is 4.55. The fraction of sp³-hybridized carbons (Fsp3) is 0.462. The molecule has 1 heterocycles. The lowest BCUT2D eigenvalue weighted by Gasteiger charge is -2.08. The van der Waals surface area contributed by atoms with Gasteiger partial charge in [0.15, 0.2) is 4.67 Å². The van der Waals surface area contributed by atoms with Crippen molar-refractivity contribution >= 4 is 27.9 Å². The molecule has 1 aromatic heterocycles. The molecule has 2 N–H and O–H groups in total. The van der Waals surface area contributed by atoms with Gasteiger partial charge in [-0.1, -0.05) is 0 Å². The number of amides is 1. The average Bonchev–Trinajstić information content (AvgIpc) is 2.93. The Kier molecular flexibility index (Phi) is 4.60. The van der Waals surface area contributed by atoms with Crippen molar-refractivity contribution in [3.05, 3.63) is 28.6 Å². The first kappa shape index (κ1) is 13.4. The molecule has 0 radical (unpaired) electrons. The maximum atomic E-state index is 11.5. The summed E-state index contributed by atoms with van der Waals surface area (Å²) >= 11 is 3.20. The number of hydrogen-bond acceptors (Lipinski definition) is 3. The fourth-order valence-corrected chi connectivity index (χ4v) is 2.43. The highest BCUT2D eigenvalue weighted by molar-refractivity contribution is 9.10. The number of nitrogens with one attached hydrogen (secondary N) is 1. The Bertz CT molecular complexity index is 441. The van der Waals surface area contributed by atoms with Crippen LogP contribution in [0.4, 0.5) is 0 Å². The Morgan fingerprint density at radius 2 is 2.39 bits per heavy atom. The summed E-state index contributed by atoms with van der Waals surface area (Å²) in [5.41, 5.74) is 0. The minimum atomic E-state index is -0.192. The van der Waals surface area contributed by atoms with Crippen molar-refractivity contribution in [3.63, 3.8) is 0 Å². The normalized spacial score (nSPS) is 23.7. The van der Waals surface area contributed by atoms with Gasteiger partial charge in [-0.3, -0.25) is 4.79 Å². The number of rotatable bonds is 4. The summed E-state index contributed by atoms with van der Waals surface area (Å²) in [5, 5.41) is 12.2. The molecule has 1 aliphatic carbocycles. The summed E-state index contributed by atoms with van der Waals surface area (Å²) in [6, 6.07) is 3.55. The number of hydrogen-bond donors (Lipinski definition) is 2. The molecule has 0 aromatic carbocycles. The monoisotopic (exact) mass is 313 g/mol. The molecule has 0 saturated heterocycles. The topological polar surface area (TPSA) is 62.5 Å². The van der Waals surface area contributed by atoms with Crippen LogP contribution < -0.4 is 5.32 Å². The summed E-state index contributed by atoms with van der Waals surface area (Å²) in [4.78, 5) is 11.5. The maximum Gasteiger partial charge on any atom is 0.244 e. The van der Waals surface area contributed by atoms with Gasteiger partial charge >= 0.3 is 0 Å². The average molecular weight is 314 g/mol. The first-order valence-corrected chi connectivity index (χ1v) is 6.82. The third kappa shape index (κ3) is 3.99. The molecule has 2 rings (SSSR count). The van der Waals surface area contributed by atoms with E-state index in [-0.39, 0.29) is 12.0 Å². The number of halogens is 1. The summed E-state index contributed by atoms with van der Waals surface area (Å²) in [7, 11) is 0. The van der Waals surface area contributed by atoms with E-state index in [1.807, 2.05) is 0 Å². The Balaban J connectivity index is 1.73. The smallest absolute Gasteiger partial charge is 0.244 e. The van der Waals surface area contributed by atoms with Crippen molar-refractivity contribution in [2.75, 3.05) is 6.54 Å². The minimum absolute atomic E-state index is 0.135. The molecule has 2 atom stereocenters. The third-order valence-corrected chi connectivity index (χ3v) is 3.50. The highest BCUT2D eigenvalue weighted by atomic mass is 79.9. The van der Waals surface area contributed by atoms with Crippen LogP contribution in [0.2, 0.25) is 0 Å². The second kappa shape index (κ2) is 6.20. The lowest BCUT2D eigenvalue weighted by molar-refractivity contribution is -0.116. The molecule has 2 unspecified atom stereocenters. The van der Waals surface area contributed by atoms with Gasteiger partial charge in [-0.05, 0) is 59.3 Å². The molecule has 1 aliphatic rings. The molecule has 1 amide bonds. The summed E-state index contributed by atoms with van der Waals surface area (Å²) in [6.07, 6.45) is 5.51. The first-order valence-electron chi connectivity index (χ1n) is 6.03. The Labute approximate surface area is 114 Å². The standard InChI is InChI=1S/C13H16BrNO3/c14-12-5-3-11(18-12)4-6-13(17)15-8-9-1-2-10(16)7-9/h3-6,9-10,16H,1-2,7-8H2,(H,15,17)/b6-4+. The third-order valence-electron chi connectivity index (χ3n) is 3.07. The number of aliphatic hydroxyl groups is 1. The number of aliphatic hydroxyl groups excluding tert-OH is 1. The maximum absolute atomic E-state index is 11.5.